The highest BCUT2D eigenvalue weighted by Crippen LogP contribution is 2.39. The molecule has 0 radical (unpaired) electrons. The van der Waals surface area contributed by atoms with E-state index in [0.717, 1.165) is 35.0 Å². The third-order valence-corrected chi connectivity index (χ3v) is 4.93. The molecule has 0 aliphatic carbocycles. The minimum absolute atomic E-state index is 0.0355. The molecule has 3 heterocycles. The van der Waals surface area contributed by atoms with Gasteiger partial charge in [-0.25, -0.2) is 4.68 Å². The first-order chi connectivity index (χ1) is 12.1. The first-order valence-electron chi connectivity index (χ1n) is 8.43. The SMILES string of the molecule is COc1c(C2CCCN2C(=O)c2n[nH]c3ccccc23)c(C)nn1C. The highest BCUT2D eigenvalue weighted by molar-refractivity contribution is 6.04. The number of fused-ring (bicyclic) bond motifs is 1. The Morgan fingerprint density at radius 2 is 2.16 bits per heavy atom. The van der Waals surface area contributed by atoms with Gasteiger partial charge < -0.3 is 9.64 Å². The fraction of sp³-hybridized carbons (Fsp3) is 0.389. The number of rotatable bonds is 3. The quantitative estimate of drug-likeness (QED) is 0.796. The number of carbonyl (C=O) groups is 1. The highest BCUT2D eigenvalue weighted by atomic mass is 16.5. The summed E-state index contributed by atoms with van der Waals surface area (Å²) >= 11 is 0. The standard InChI is InChI=1S/C18H21N5O2/c1-11-15(18(25-3)22(2)21-11)14-9-6-10-23(14)17(24)16-12-7-4-5-8-13(12)19-20-16/h4-5,7-8,14H,6,9-10H2,1-3H3,(H,19,20). The Morgan fingerprint density at radius 3 is 2.96 bits per heavy atom. The lowest BCUT2D eigenvalue weighted by Crippen LogP contribution is -2.31. The van der Waals surface area contributed by atoms with Crippen molar-refractivity contribution in [3.8, 4) is 5.88 Å². The van der Waals surface area contributed by atoms with Crippen LogP contribution in [-0.4, -0.2) is 44.4 Å². The van der Waals surface area contributed by atoms with Gasteiger partial charge in [0.1, 0.15) is 0 Å². The van der Waals surface area contributed by atoms with Crippen molar-refractivity contribution in [2.24, 2.45) is 7.05 Å². The van der Waals surface area contributed by atoms with Gasteiger partial charge in [-0.2, -0.15) is 10.2 Å². The van der Waals surface area contributed by atoms with Crippen LogP contribution in [0.5, 0.6) is 5.88 Å². The van der Waals surface area contributed by atoms with Gasteiger partial charge in [0.15, 0.2) is 5.69 Å². The van der Waals surface area contributed by atoms with E-state index in [-0.39, 0.29) is 11.9 Å². The molecule has 1 unspecified atom stereocenters. The van der Waals surface area contributed by atoms with Crippen LogP contribution in [0.15, 0.2) is 24.3 Å². The first-order valence-corrected chi connectivity index (χ1v) is 8.43. The molecule has 1 fully saturated rings. The Balaban J connectivity index is 1.74. The van der Waals surface area contributed by atoms with Gasteiger partial charge >= 0.3 is 0 Å². The maximum Gasteiger partial charge on any atom is 0.275 e. The molecular weight excluding hydrogens is 318 g/mol. The van der Waals surface area contributed by atoms with Crippen LogP contribution in [0.2, 0.25) is 0 Å². The number of carbonyl (C=O) groups excluding carboxylic acids is 1. The predicted octanol–water partition coefficient (Wildman–Crippen LogP) is 2.59. The number of H-pyrrole nitrogens is 1. The number of likely N-dealkylation sites (tertiary alicyclic amines) is 1. The second-order valence-corrected chi connectivity index (χ2v) is 6.41. The number of para-hydroxylation sites is 1. The zero-order valence-corrected chi connectivity index (χ0v) is 14.6. The van der Waals surface area contributed by atoms with Crippen LogP contribution in [0.1, 0.15) is 40.6 Å². The van der Waals surface area contributed by atoms with E-state index in [1.165, 1.54) is 0 Å². The van der Waals surface area contributed by atoms with E-state index in [0.29, 0.717) is 18.1 Å². The van der Waals surface area contributed by atoms with Gasteiger partial charge in [0.05, 0.1) is 29.9 Å². The normalized spacial score (nSPS) is 17.4. The molecule has 1 atom stereocenters. The lowest BCUT2D eigenvalue weighted by atomic mass is 10.0. The van der Waals surface area contributed by atoms with Crippen LogP contribution >= 0.6 is 0 Å². The fourth-order valence-electron chi connectivity index (χ4n) is 3.85. The molecule has 1 aromatic carbocycles. The summed E-state index contributed by atoms with van der Waals surface area (Å²) in [7, 11) is 3.50. The summed E-state index contributed by atoms with van der Waals surface area (Å²) in [5.41, 5.74) is 3.24. The zero-order valence-electron chi connectivity index (χ0n) is 14.6. The predicted molar refractivity (Wildman–Crippen MR) is 93.6 cm³/mol. The number of nitrogens with zero attached hydrogens (tertiary/aromatic N) is 4. The van der Waals surface area contributed by atoms with Crippen LogP contribution in [0, 0.1) is 6.92 Å². The number of aromatic nitrogens is 4. The van der Waals surface area contributed by atoms with Crippen molar-refractivity contribution in [1.82, 2.24) is 24.9 Å². The molecule has 1 saturated heterocycles. The molecule has 1 aliphatic rings. The van der Waals surface area contributed by atoms with Crippen molar-refractivity contribution >= 4 is 16.8 Å². The molecule has 25 heavy (non-hydrogen) atoms. The lowest BCUT2D eigenvalue weighted by molar-refractivity contribution is 0.0729. The number of hydrogen-bond acceptors (Lipinski definition) is 4. The van der Waals surface area contributed by atoms with Crippen molar-refractivity contribution < 1.29 is 9.53 Å². The fourth-order valence-corrected chi connectivity index (χ4v) is 3.85. The van der Waals surface area contributed by atoms with Crippen molar-refractivity contribution in [2.45, 2.75) is 25.8 Å². The zero-order chi connectivity index (χ0) is 17.6. The van der Waals surface area contributed by atoms with E-state index in [2.05, 4.69) is 15.3 Å². The van der Waals surface area contributed by atoms with Gasteiger partial charge in [0.2, 0.25) is 5.88 Å². The molecule has 3 aromatic rings. The van der Waals surface area contributed by atoms with Gasteiger partial charge in [-0.15, -0.1) is 0 Å². The molecule has 7 heteroatoms. The highest BCUT2D eigenvalue weighted by Gasteiger charge is 2.36. The Bertz CT molecular complexity index is 942. The summed E-state index contributed by atoms with van der Waals surface area (Å²) in [5, 5.41) is 12.5. The first kappa shape index (κ1) is 15.7. The number of ether oxygens (including phenoxy) is 1. The van der Waals surface area contributed by atoms with Crippen molar-refractivity contribution in [3.63, 3.8) is 0 Å². The third-order valence-electron chi connectivity index (χ3n) is 4.93. The Kier molecular flexibility index (Phi) is 3.71. The summed E-state index contributed by atoms with van der Waals surface area (Å²) in [6.45, 7) is 2.67. The topological polar surface area (TPSA) is 76.0 Å². The van der Waals surface area contributed by atoms with Gasteiger partial charge in [0.25, 0.3) is 5.91 Å². The lowest BCUT2D eigenvalue weighted by Gasteiger charge is -2.24. The molecule has 2 aromatic heterocycles. The number of aryl methyl sites for hydroxylation is 2. The Hall–Kier alpha value is -2.83. The van der Waals surface area contributed by atoms with E-state index < -0.39 is 0 Å². The smallest absolute Gasteiger partial charge is 0.275 e. The molecule has 1 aliphatic heterocycles. The molecule has 4 rings (SSSR count). The average Bonchev–Trinajstić information content (AvgIpc) is 3.30. The molecular formula is C18H21N5O2. The number of amides is 1. The summed E-state index contributed by atoms with van der Waals surface area (Å²) in [5.74, 6) is 0.666. The number of hydrogen-bond donors (Lipinski definition) is 1. The van der Waals surface area contributed by atoms with Crippen LogP contribution in [0.3, 0.4) is 0 Å². The number of methoxy groups -OCH3 is 1. The number of aromatic amines is 1. The maximum absolute atomic E-state index is 13.2. The van der Waals surface area contributed by atoms with E-state index in [1.807, 2.05) is 43.1 Å². The van der Waals surface area contributed by atoms with Crippen LogP contribution in [0.25, 0.3) is 10.9 Å². The average molecular weight is 339 g/mol. The second kappa shape index (κ2) is 5.91. The molecule has 0 saturated carbocycles. The van der Waals surface area contributed by atoms with Crippen molar-refractivity contribution in [3.05, 3.63) is 41.2 Å². The second-order valence-electron chi connectivity index (χ2n) is 6.41. The number of benzene rings is 1. The van der Waals surface area contributed by atoms with Crippen LogP contribution in [-0.2, 0) is 7.05 Å². The van der Waals surface area contributed by atoms with Gasteiger partial charge in [-0.05, 0) is 25.8 Å². The summed E-state index contributed by atoms with van der Waals surface area (Å²) in [6, 6.07) is 7.66. The van der Waals surface area contributed by atoms with E-state index in [9.17, 15) is 4.79 Å². The minimum Gasteiger partial charge on any atom is -0.481 e. The summed E-state index contributed by atoms with van der Waals surface area (Å²) in [6.07, 6.45) is 1.85. The molecule has 0 spiro atoms. The molecule has 130 valence electrons. The molecule has 1 N–H and O–H groups in total. The minimum atomic E-state index is -0.0507. The summed E-state index contributed by atoms with van der Waals surface area (Å²) < 4.78 is 7.27. The Morgan fingerprint density at radius 1 is 1.36 bits per heavy atom. The molecule has 1 amide bonds. The van der Waals surface area contributed by atoms with Gasteiger partial charge in [-0.3, -0.25) is 9.89 Å². The monoisotopic (exact) mass is 339 g/mol. The Labute approximate surface area is 145 Å². The van der Waals surface area contributed by atoms with Crippen LogP contribution in [0.4, 0.5) is 0 Å². The van der Waals surface area contributed by atoms with Crippen molar-refractivity contribution in [2.75, 3.05) is 13.7 Å². The van der Waals surface area contributed by atoms with Crippen LogP contribution < -0.4 is 4.74 Å². The van der Waals surface area contributed by atoms with E-state index in [1.54, 1.807) is 11.8 Å². The molecule has 0 bridgehead atoms. The maximum atomic E-state index is 13.2. The largest absolute Gasteiger partial charge is 0.481 e. The third kappa shape index (κ3) is 2.38. The van der Waals surface area contributed by atoms with E-state index in [4.69, 9.17) is 4.74 Å². The number of nitrogens with one attached hydrogen (secondary N) is 1. The van der Waals surface area contributed by atoms with Gasteiger partial charge in [-0.1, -0.05) is 18.2 Å². The molecule has 7 nitrogen and oxygen atoms in total. The summed E-state index contributed by atoms with van der Waals surface area (Å²) in [4.78, 5) is 15.1. The van der Waals surface area contributed by atoms with Crippen molar-refractivity contribution in [1.29, 1.82) is 0 Å². The van der Waals surface area contributed by atoms with Gasteiger partial charge in [0, 0.05) is 19.0 Å². The van der Waals surface area contributed by atoms with E-state index >= 15 is 0 Å².